The van der Waals surface area contributed by atoms with E-state index in [1.54, 1.807) is 18.2 Å². The van der Waals surface area contributed by atoms with E-state index in [4.69, 9.17) is 28.3 Å². The molecule has 20 heavy (non-hydrogen) atoms. The van der Waals surface area contributed by atoms with Gasteiger partial charge in [0.1, 0.15) is 0 Å². The van der Waals surface area contributed by atoms with Crippen LogP contribution in [0.25, 0.3) is 0 Å². The minimum Gasteiger partial charge on any atom is -0.481 e. The number of halogens is 2. The second-order valence-electron chi connectivity index (χ2n) is 4.61. The summed E-state index contributed by atoms with van der Waals surface area (Å²) in [5, 5.41) is 12.6. The SMILES string of the molecule is O=C(Nc1ccc(Cl)c(Cl)c1)[C@H]1CC=CC[C@H]1C(=O)O. The lowest BCUT2D eigenvalue weighted by molar-refractivity contribution is -0.146. The summed E-state index contributed by atoms with van der Waals surface area (Å²) in [5.74, 6) is -2.54. The second-order valence-corrected chi connectivity index (χ2v) is 5.43. The van der Waals surface area contributed by atoms with Crippen LogP contribution in [0.15, 0.2) is 30.4 Å². The highest BCUT2D eigenvalue weighted by atomic mass is 35.5. The lowest BCUT2D eigenvalue weighted by atomic mass is 9.82. The predicted octanol–water partition coefficient (Wildman–Crippen LogP) is 3.60. The summed E-state index contributed by atoms with van der Waals surface area (Å²) in [6, 6.07) is 4.74. The van der Waals surface area contributed by atoms with Gasteiger partial charge in [0.2, 0.25) is 5.91 Å². The average Bonchev–Trinajstić information content (AvgIpc) is 2.43. The highest BCUT2D eigenvalue weighted by Crippen LogP contribution is 2.29. The summed E-state index contributed by atoms with van der Waals surface area (Å²) in [7, 11) is 0. The van der Waals surface area contributed by atoms with Crippen molar-refractivity contribution in [1.29, 1.82) is 0 Å². The van der Waals surface area contributed by atoms with Gasteiger partial charge >= 0.3 is 5.97 Å². The smallest absolute Gasteiger partial charge is 0.307 e. The van der Waals surface area contributed by atoms with Crippen molar-refractivity contribution in [2.24, 2.45) is 11.8 Å². The first-order valence-electron chi connectivity index (χ1n) is 6.12. The van der Waals surface area contributed by atoms with E-state index < -0.39 is 17.8 Å². The van der Waals surface area contributed by atoms with Gasteiger partial charge in [0.15, 0.2) is 0 Å². The molecule has 1 aromatic carbocycles. The molecule has 1 aliphatic rings. The molecule has 0 aromatic heterocycles. The highest BCUT2D eigenvalue weighted by Gasteiger charge is 2.33. The number of carbonyl (C=O) groups is 2. The van der Waals surface area contributed by atoms with Gasteiger partial charge < -0.3 is 10.4 Å². The summed E-state index contributed by atoms with van der Waals surface area (Å²) in [4.78, 5) is 23.4. The summed E-state index contributed by atoms with van der Waals surface area (Å²) >= 11 is 11.7. The van der Waals surface area contributed by atoms with Crippen LogP contribution >= 0.6 is 23.2 Å². The van der Waals surface area contributed by atoms with E-state index in [1.807, 2.05) is 6.08 Å². The summed E-state index contributed by atoms with van der Waals surface area (Å²) in [6.07, 6.45) is 4.42. The molecule has 1 amide bonds. The van der Waals surface area contributed by atoms with Crippen molar-refractivity contribution in [2.75, 3.05) is 5.32 Å². The Morgan fingerprint density at radius 2 is 1.75 bits per heavy atom. The molecule has 0 radical (unpaired) electrons. The van der Waals surface area contributed by atoms with Crippen LogP contribution < -0.4 is 5.32 Å². The lowest BCUT2D eigenvalue weighted by Crippen LogP contribution is -2.34. The van der Waals surface area contributed by atoms with E-state index in [2.05, 4.69) is 5.32 Å². The molecular formula is C14H13Cl2NO3. The Hall–Kier alpha value is -1.52. The Labute approximate surface area is 126 Å². The minimum absolute atomic E-state index is 0.319. The van der Waals surface area contributed by atoms with E-state index in [-0.39, 0.29) is 5.91 Å². The van der Waals surface area contributed by atoms with Crippen molar-refractivity contribution in [3.8, 4) is 0 Å². The van der Waals surface area contributed by atoms with Gasteiger partial charge in [0, 0.05) is 5.69 Å². The number of benzene rings is 1. The van der Waals surface area contributed by atoms with Gasteiger partial charge in [-0.25, -0.2) is 0 Å². The predicted molar refractivity (Wildman–Crippen MR) is 78.1 cm³/mol. The molecule has 2 N–H and O–H groups in total. The van der Waals surface area contributed by atoms with Crippen molar-refractivity contribution in [1.82, 2.24) is 0 Å². The highest BCUT2D eigenvalue weighted by molar-refractivity contribution is 6.42. The quantitative estimate of drug-likeness (QED) is 0.838. The Kier molecular flexibility index (Phi) is 4.68. The maximum atomic E-state index is 12.2. The normalized spacial score (nSPS) is 21.5. The van der Waals surface area contributed by atoms with Crippen molar-refractivity contribution in [3.63, 3.8) is 0 Å². The first kappa shape index (κ1) is 14.9. The van der Waals surface area contributed by atoms with Crippen molar-refractivity contribution in [2.45, 2.75) is 12.8 Å². The van der Waals surface area contributed by atoms with Gasteiger partial charge in [0.25, 0.3) is 0 Å². The Bertz CT molecular complexity index is 572. The zero-order chi connectivity index (χ0) is 14.7. The largest absolute Gasteiger partial charge is 0.481 e. The van der Waals surface area contributed by atoms with Gasteiger partial charge in [-0.15, -0.1) is 0 Å². The fraction of sp³-hybridized carbons (Fsp3) is 0.286. The van der Waals surface area contributed by atoms with Crippen molar-refractivity contribution < 1.29 is 14.7 Å². The van der Waals surface area contributed by atoms with Gasteiger partial charge in [-0.2, -0.15) is 0 Å². The molecule has 0 bridgehead atoms. The van der Waals surface area contributed by atoms with Crippen LogP contribution in [0.1, 0.15) is 12.8 Å². The minimum atomic E-state index is -0.955. The number of rotatable bonds is 3. The third kappa shape index (κ3) is 3.32. The third-order valence-electron chi connectivity index (χ3n) is 3.27. The van der Waals surface area contributed by atoms with Gasteiger partial charge in [0.05, 0.1) is 21.9 Å². The molecule has 0 spiro atoms. The van der Waals surface area contributed by atoms with Crippen molar-refractivity contribution >= 4 is 40.8 Å². The van der Waals surface area contributed by atoms with E-state index in [0.717, 1.165) is 0 Å². The molecule has 0 heterocycles. The Morgan fingerprint density at radius 1 is 1.10 bits per heavy atom. The van der Waals surface area contributed by atoms with E-state index in [1.165, 1.54) is 6.07 Å². The number of amides is 1. The van der Waals surface area contributed by atoms with E-state index >= 15 is 0 Å². The number of nitrogens with one attached hydrogen (secondary N) is 1. The molecule has 1 aromatic rings. The first-order valence-corrected chi connectivity index (χ1v) is 6.88. The molecule has 0 saturated carbocycles. The van der Waals surface area contributed by atoms with Gasteiger partial charge in [-0.1, -0.05) is 35.4 Å². The first-order chi connectivity index (χ1) is 9.49. The number of aliphatic carboxylic acids is 1. The topological polar surface area (TPSA) is 66.4 Å². The number of carboxylic acids is 1. The van der Waals surface area contributed by atoms with Crippen LogP contribution in [0, 0.1) is 11.8 Å². The van der Waals surface area contributed by atoms with Crippen LogP contribution in [0.5, 0.6) is 0 Å². The van der Waals surface area contributed by atoms with Crippen LogP contribution in [-0.4, -0.2) is 17.0 Å². The molecule has 0 fully saturated rings. The molecule has 2 atom stereocenters. The number of hydrogen-bond donors (Lipinski definition) is 2. The molecular weight excluding hydrogens is 301 g/mol. The Morgan fingerprint density at radius 3 is 2.35 bits per heavy atom. The molecule has 0 aliphatic heterocycles. The number of carboxylic acid groups (broad SMARTS) is 1. The number of anilines is 1. The van der Waals surface area contributed by atoms with Gasteiger partial charge in [-0.05, 0) is 31.0 Å². The lowest BCUT2D eigenvalue weighted by Gasteiger charge is -2.24. The zero-order valence-electron chi connectivity index (χ0n) is 10.5. The molecule has 6 heteroatoms. The van der Waals surface area contributed by atoms with Crippen LogP contribution in [0.2, 0.25) is 10.0 Å². The molecule has 106 valence electrons. The second kappa shape index (κ2) is 6.29. The average molecular weight is 314 g/mol. The molecule has 0 saturated heterocycles. The molecule has 1 aliphatic carbocycles. The standard InChI is InChI=1S/C14H13Cl2NO3/c15-11-6-5-8(7-12(11)16)17-13(18)9-3-1-2-4-10(9)14(19)20/h1-2,5-7,9-10H,3-4H2,(H,17,18)(H,19,20)/t9-,10+/m0/s1. The number of carbonyl (C=O) groups excluding carboxylic acids is 1. The van der Waals surface area contributed by atoms with Crippen LogP contribution in [0.3, 0.4) is 0 Å². The van der Waals surface area contributed by atoms with Gasteiger partial charge in [-0.3, -0.25) is 9.59 Å². The fourth-order valence-electron chi connectivity index (χ4n) is 2.19. The summed E-state index contributed by atoms with van der Waals surface area (Å²) < 4.78 is 0. The summed E-state index contributed by atoms with van der Waals surface area (Å²) in [6.45, 7) is 0. The molecule has 4 nitrogen and oxygen atoms in total. The molecule has 0 unspecified atom stereocenters. The monoisotopic (exact) mass is 313 g/mol. The van der Waals surface area contributed by atoms with E-state index in [0.29, 0.717) is 28.6 Å². The molecule has 2 rings (SSSR count). The van der Waals surface area contributed by atoms with Crippen LogP contribution in [0.4, 0.5) is 5.69 Å². The maximum Gasteiger partial charge on any atom is 0.307 e. The third-order valence-corrected chi connectivity index (χ3v) is 4.01. The number of hydrogen-bond acceptors (Lipinski definition) is 2. The maximum absolute atomic E-state index is 12.2. The fourth-order valence-corrected chi connectivity index (χ4v) is 2.48. The Balaban J connectivity index is 2.12. The van der Waals surface area contributed by atoms with Crippen LogP contribution in [-0.2, 0) is 9.59 Å². The van der Waals surface area contributed by atoms with E-state index in [9.17, 15) is 9.59 Å². The summed E-state index contributed by atoms with van der Waals surface area (Å²) in [5.41, 5.74) is 0.503. The number of allylic oxidation sites excluding steroid dienone is 2. The zero-order valence-corrected chi connectivity index (χ0v) is 12.0. The van der Waals surface area contributed by atoms with Crippen molar-refractivity contribution in [3.05, 3.63) is 40.4 Å².